The number of rotatable bonds is 4. The summed E-state index contributed by atoms with van der Waals surface area (Å²) >= 11 is 0. The largest absolute Gasteiger partial charge is 0.494 e. The maximum atomic E-state index is 5.98. The van der Waals surface area contributed by atoms with E-state index in [-0.39, 0.29) is 12.1 Å². The lowest BCUT2D eigenvalue weighted by atomic mass is 9.92. The van der Waals surface area contributed by atoms with Crippen LogP contribution in [0.1, 0.15) is 36.6 Å². The molecule has 140 valence electrons. The molecule has 0 radical (unpaired) electrons. The lowest BCUT2D eigenvalue weighted by Crippen LogP contribution is -2.27. The molecule has 3 aromatic carbocycles. The van der Waals surface area contributed by atoms with Gasteiger partial charge in [0.1, 0.15) is 5.75 Å². The highest BCUT2D eigenvalue weighted by Gasteiger charge is 2.32. The number of nitrogens with zero attached hydrogens (tertiary/aromatic N) is 2. The lowest BCUT2D eigenvalue weighted by molar-refractivity contribution is 0.329. The Balaban J connectivity index is 1.69. The predicted octanol–water partition coefficient (Wildman–Crippen LogP) is 5.58. The molecule has 1 aromatic heterocycles. The van der Waals surface area contributed by atoms with Crippen molar-refractivity contribution in [3.63, 3.8) is 0 Å². The van der Waals surface area contributed by atoms with Crippen molar-refractivity contribution in [2.24, 2.45) is 0 Å². The third kappa shape index (κ3) is 2.82. The molecule has 28 heavy (non-hydrogen) atoms. The van der Waals surface area contributed by atoms with Gasteiger partial charge in [-0.3, -0.25) is 0 Å². The minimum absolute atomic E-state index is 0.150. The highest BCUT2D eigenvalue weighted by Crippen LogP contribution is 2.43. The van der Waals surface area contributed by atoms with E-state index in [9.17, 15) is 0 Å². The van der Waals surface area contributed by atoms with Gasteiger partial charge in [0.05, 0.1) is 29.7 Å². The first-order chi connectivity index (χ1) is 13.8. The number of anilines is 1. The number of imidazole rings is 1. The second-order valence-electron chi connectivity index (χ2n) is 7.12. The van der Waals surface area contributed by atoms with Crippen LogP contribution >= 0.6 is 0 Å². The fourth-order valence-electron chi connectivity index (χ4n) is 4.22. The molecule has 0 aliphatic carbocycles. The van der Waals surface area contributed by atoms with Crippen molar-refractivity contribution in [1.82, 2.24) is 9.55 Å². The van der Waals surface area contributed by atoms with E-state index in [1.54, 1.807) is 0 Å². The number of para-hydroxylation sites is 3. The van der Waals surface area contributed by atoms with Gasteiger partial charge in [0.15, 0.2) is 0 Å². The standard InChI is InChI=1S/C24H23N3O/c1-2-28-23-15-9-6-12-18(23)22-16-20(17-10-4-3-5-11-17)26-24-25-19-13-7-8-14-21(19)27(22)24/h3-15,20,22H,2,16H2,1H3,(H,25,26)/t20-,22-/m1/s1. The molecular formula is C24H23N3O. The van der Waals surface area contributed by atoms with Crippen molar-refractivity contribution < 1.29 is 4.74 Å². The van der Waals surface area contributed by atoms with Crippen molar-refractivity contribution in [3.05, 3.63) is 90.0 Å². The van der Waals surface area contributed by atoms with Crippen LogP contribution in [0.25, 0.3) is 11.0 Å². The quantitative estimate of drug-likeness (QED) is 0.510. The lowest BCUT2D eigenvalue weighted by Gasteiger charge is -2.34. The average molecular weight is 369 g/mol. The van der Waals surface area contributed by atoms with Crippen LogP contribution in [0.15, 0.2) is 78.9 Å². The summed E-state index contributed by atoms with van der Waals surface area (Å²) < 4.78 is 8.31. The molecule has 4 aromatic rings. The molecule has 1 N–H and O–H groups in total. The van der Waals surface area contributed by atoms with Gasteiger partial charge >= 0.3 is 0 Å². The number of benzene rings is 3. The van der Waals surface area contributed by atoms with Gasteiger partial charge < -0.3 is 14.6 Å². The first-order valence-corrected chi connectivity index (χ1v) is 9.85. The number of hydrogen-bond donors (Lipinski definition) is 1. The fourth-order valence-corrected chi connectivity index (χ4v) is 4.22. The Morgan fingerprint density at radius 1 is 0.964 bits per heavy atom. The molecular weight excluding hydrogens is 346 g/mol. The maximum Gasteiger partial charge on any atom is 0.204 e. The van der Waals surface area contributed by atoms with Crippen molar-refractivity contribution in [1.29, 1.82) is 0 Å². The third-order valence-electron chi connectivity index (χ3n) is 5.45. The van der Waals surface area contributed by atoms with Gasteiger partial charge in [-0.15, -0.1) is 0 Å². The number of nitrogens with one attached hydrogen (secondary N) is 1. The van der Waals surface area contributed by atoms with E-state index < -0.39 is 0 Å². The molecule has 0 amide bonds. The molecule has 0 saturated carbocycles. The summed E-state index contributed by atoms with van der Waals surface area (Å²) in [4.78, 5) is 4.89. The highest BCUT2D eigenvalue weighted by atomic mass is 16.5. The van der Waals surface area contributed by atoms with Crippen LogP contribution in [0, 0.1) is 0 Å². The van der Waals surface area contributed by atoms with Crippen LogP contribution in [0.4, 0.5) is 5.95 Å². The summed E-state index contributed by atoms with van der Waals surface area (Å²) in [5.74, 6) is 1.87. The minimum atomic E-state index is 0.150. The molecule has 2 atom stereocenters. The zero-order valence-corrected chi connectivity index (χ0v) is 15.9. The Morgan fingerprint density at radius 3 is 2.57 bits per heavy atom. The van der Waals surface area contributed by atoms with E-state index >= 15 is 0 Å². The smallest absolute Gasteiger partial charge is 0.204 e. The van der Waals surface area contributed by atoms with E-state index in [1.165, 1.54) is 11.1 Å². The Labute approximate surface area is 164 Å². The summed E-state index contributed by atoms with van der Waals surface area (Å²) in [7, 11) is 0. The van der Waals surface area contributed by atoms with Crippen LogP contribution in [0.3, 0.4) is 0 Å². The second kappa shape index (κ2) is 7.04. The Hall–Kier alpha value is -3.27. The summed E-state index contributed by atoms with van der Waals surface area (Å²) in [6.45, 7) is 2.69. The summed E-state index contributed by atoms with van der Waals surface area (Å²) in [6.07, 6.45) is 0.932. The molecule has 1 aliphatic heterocycles. The molecule has 1 aliphatic rings. The monoisotopic (exact) mass is 369 g/mol. The van der Waals surface area contributed by atoms with Gasteiger partial charge in [-0.25, -0.2) is 4.98 Å². The van der Waals surface area contributed by atoms with Crippen molar-refractivity contribution >= 4 is 17.0 Å². The van der Waals surface area contributed by atoms with Crippen LogP contribution in [-0.4, -0.2) is 16.2 Å². The number of ether oxygens (including phenoxy) is 1. The minimum Gasteiger partial charge on any atom is -0.494 e. The number of fused-ring (bicyclic) bond motifs is 3. The SMILES string of the molecule is CCOc1ccccc1[C@H]1C[C@H](c2ccccc2)Nc2nc3ccccc3n21. The normalized spacial score (nSPS) is 18.5. The third-order valence-corrected chi connectivity index (χ3v) is 5.45. The van der Waals surface area contributed by atoms with Gasteiger partial charge in [-0.05, 0) is 37.1 Å². The van der Waals surface area contributed by atoms with Crippen LogP contribution in [-0.2, 0) is 0 Å². The second-order valence-corrected chi connectivity index (χ2v) is 7.12. The van der Waals surface area contributed by atoms with Crippen molar-refractivity contribution in [2.45, 2.75) is 25.4 Å². The first-order valence-electron chi connectivity index (χ1n) is 9.85. The molecule has 0 bridgehead atoms. The zero-order chi connectivity index (χ0) is 18.9. The molecule has 0 saturated heterocycles. The van der Waals surface area contributed by atoms with Gasteiger partial charge in [0.25, 0.3) is 0 Å². The van der Waals surface area contributed by atoms with Crippen LogP contribution in [0.5, 0.6) is 5.75 Å². The Kier molecular flexibility index (Phi) is 4.24. The fraction of sp³-hybridized carbons (Fsp3) is 0.208. The van der Waals surface area contributed by atoms with Gasteiger partial charge in [-0.1, -0.05) is 60.7 Å². The first kappa shape index (κ1) is 16.9. The molecule has 5 rings (SSSR count). The van der Waals surface area contributed by atoms with E-state index in [2.05, 4.69) is 76.6 Å². The summed E-state index contributed by atoms with van der Waals surface area (Å²) in [5.41, 5.74) is 4.64. The van der Waals surface area contributed by atoms with Gasteiger partial charge in [-0.2, -0.15) is 0 Å². The maximum absolute atomic E-state index is 5.98. The number of hydrogen-bond acceptors (Lipinski definition) is 3. The van der Waals surface area contributed by atoms with Crippen LogP contribution < -0.4 is 10.1 Å². The molecule has 2 heterocycles. The zero-order valence-electron chi connectivity index (χ0n) is 15.9. The molecule has 0 fully saturated rings. The van der Waals surface area contributed by atoms with Crippen LogP contribution in [0.2, 0.25) is 0 Å². The van der Waals surface area contributed by atoms with Crippen molar-refractivity contribution in [3.8, 4) is 5.75 Å². The molecule has 0 unspecified atom stereocenters. The molecule has 4 heteroatoms. The van der Waals surface area contributed by atoms with Gasteiger partial charge in [0.2, 0.25) is 5.95 Å². The summed E-state index contributed by atoms with van der Waals surface area (Å²) in [6, 6.07) is 27.7. The number of aromatic nitrogens is 2. The average Bonchev–Trinajstić information content (AvgIpc) is 3.13. The van der Waals surface area contributed by atoms with Crippen molar-refractivity contribution in [2.75, 3.05) is 11.9 Å². The topological polar surface area (TPSA) is 39.1 Å². The van der Waals surface area contributed by atoms with E-state index in [4.69, 9.17) is 9.72 Å². The van der Waals surface area contributed by atoms with E-state index in [0.29, 0.717) is 6.61 Å². The van der Waals surface area contributed by atoms with E-state index in [0.717, 1.165) is 29.2 Å². The Morgan fingerprint density at radius 2 is 1.71 bits per heavy atom. The summed E-state index contributed by atoms with van der Waals surface area (Å²) in [5, 5.41) is 3.66. The highest BCUT2D eigenvalue weighted by molar-refractivity contribution is 5.79. The van der Waals surface area contributed by atoms with Gasteiger partial charge in [0, 0.05) is 5.56 Å². The van der Waals surface area contributed by atoms with E-state index in [1.807, 2.05) is 19.1 Å². The predicted molar refractivity (Wildman–Crippen MR) is 113 cm³/mol. The molecule has 0 spiro atoms. The molecule has 4 nitrogen and oxygen atoms in total. The Bertz CT molecular complexity index is 1100.